The van der Waals surface area contributed by atoms with Gasteiger partial charge < -0.3 is 5.32 Å². The summed E-state index contributed by atoms with van der Waals surface area (Å²) in [4.78, 5) is 12.7. The highest BCUT2D eigenvalue weighted by Crippen LogP contribution is 2.16. The molecule has 0 unspecified atom stereocenters. The third kappa shape index (κ3) is 4.08. The number of nitrogens with one attached hydrogen (secondary N) is 1. The largest absolute Gasteiger partial charge is 0.348 e. The van der Waals surface area contributed by atoms with E-state index in [-0.39, 0.29) is 11.7 Å². The summed E-state index contributed by atoms with van der Waals surface area (Å²) in [5.41, 5.74) is 4.00. The van der Waals surface area contributed by atoms with Crippen LogP contribution in [0, 0.1) is 12.7 Å². The molecule has 4 aromatic rings. The average molecular weight is 389 g/mol. The Hall–Kier alpha value is -3.74. The zero-order chi connectivity index (χ0) is 20.2. The molecular formula is C22H20FN5O. The molecule has 0 aliphatic carbocycles. The van der Waals surface area contributed by atoms with Gasteiger partial charge in [-0.2, -0.15) is 10.2 Å². The Bertz CT molecular complexity index is 1120. The summed E-state index contributed by atoms with van der Waals surface area (Å²) >= 11 is 0. The van der Waals surface area contributed by atoms with Crippen molar-refractivity contribution in [2.24, 2.45) is 0 Å². The normalized spacial score (nSPS) is 10.8. The fourth-order valence-corrected chi connectivity index (χ4v) is 3.20. The number of carbonyl (C=O) groups excluding carboxylic acids is 1. The van der Waals surface area contributed by atoms with Crippen LogP contribution in [0.3, 0.4) is 0 Å². The third-order valence-corrected chi connectivity index (χ3v) is 4.77. The van der Waals surface area contributed by atoms with Crippen molar-refractivity contribution in [3.05, 3.63) is 101 Å². The fraction of sp³-hybridized carbons (Fsp3) is 0.136. The minimum absolute atomic E-state index is 0.204. The van der Waals surface area contributed by atoms with E-state index in [0.717, 1.165) is 11.1 Å². The van der Waals surface area contributed by atoms with E-state index in [2.05, 4.69) is 15.5 Å². The SMILES string of the molecule is Cc1c(C(=O)NCc2ccccc2Cn2cccn2)cnn1-c1ccc(F)cc1. The second-order valence-electron chi connectivity index (χ2n) is 6.69. The summed E-state index contributed by atoms with van der Waals surface area (Å²) in [5, 5.41) is 11.5. The van der Waals surface area contributed by atoms with Gasteiger partial charge in [0, 0.05) is 18.9 Å². The number of rotatable bonds is 6. The van der Waals surface area contributed by atoms with Gasteiger partial charge in [0.1, 0.15) is 5.82 Å². The van der Waals surface area contributed by atoms with Crippen LogP contribution in [-0.2, 0) is 13.1 Å². The standard InChI is InChI=1S/C22H20FN5O/c1-16-21(14-26-28(16)20-9-7-19(23)8-10-20)22(29)24-13-17-5-2-3-6-18(17)15-27-12-4-11-25-27/h2-12,14H,13,15H2,1H3,(H,24,29). The maximum atomic E-state index is 13.2. The minimum Gasteiger partial charge on any atom is -0.348 e. The molecule has 0 bridgehead atoms. The van der Waals surface area contributed by atoms with Crippen LogP contribution in [0.15, 0.2) is 73.2 Å². The van der Waals surface area contributed by atoms with Gasteiger partial charge in [0.25, 0.3) is 5.91 Å². The van der Waals surface area contributed by atoms with E-state index in [1.165, 1.54) is 18.3 Å². The highest BCUT2D eigenvalue weighted by molar-refractivity contribution is 5.95. The molecule has 0 spiro atoms. The van der Waals surface area contributed by atoms with E-state index in [0.29, 0.717) is 30.0 Å². The lowest BCUT2D eigenvalue weighted by Gasteiger charge is -2.11. The van der Waals surface area contributed by atoms with E-state index in [1.807, 2.05) is 48.1 Å². The lowest BCUT2D eigenvalue weighted by Crippen LogP contribution is -2.24. The molecule has 0 saturated heterocycles. The number of benzene rings is 2. The van der Waals surface area contributed by atoms with Gasteiger partial charge in [-0.05, 0) is 48.4 Å². The Morgan fingerprint density at radius 1 is 1.03 bits per heavy atom. The number of carbonyl (C=O) groups is 1. The number of hydrogen-bond donors (Lipinski definition) is 1. The van der Waals surface area contributed by atoms with E-state index >= 15 is 0 Å². The molecule has 0 atom stereocenters. The first-order valence-electron chi connectivity index (χ1n) is 9.25. The van der Waals surface area contributed by atoms with Crippen molar-refractivity contribution in [3.8, 4) is 5.69 Å². The van der Waals surface area contributed by atoms with Crippen LogP contribution in [0.2, 0.25) is 0 Å². The van der Waals surface area contributed by atoms with Crippen molar-refractivity contribution in [2.75, 3.05) is 0 Å². The summed E-state index contributed by atoms with van der Waals surface area (Å²) in [7, 11) is 0. The smallest absolute Gasteiger partial charge is 0.255 e. The molecule has 0 saturated carbocycles. The molecule has 6 nitrogen and oxygen atoms in total. The van der Waals surface area contributed by atoms with Crippen molar-refractivity contribution in [1.29, 1.82) is 0 Å². The quantitative estimate of drug-likeness (QED) is 0.549. The number of halogens is 1. The Balaban J connectivity index is 1.48. The first-order valence-corrected chi connectivity index (χ1v) is 9.25. The van der Waals surface area contributed by atoms with Gasteiger partial charge in [0.15, 0.2) is 0 Å². The second kappa shape index (κ2) is 8.10. The first-order chi connectivity index (χ1) is 14.1. The maximum Gasteiger partial charge on any atom is 0.255 e. The third-order valence-electron chi connectivity index (χ3n) is 4.77. The molecule has 29 heavy (non-hydrogen) atoms. The fourth-order valence-electron chi connectivity index (χ4n) is 3.20. The molecular weight excluding hydrogens is 369 g/mol. The highest BCUT2D eigenvalue weighted by Gasteiger charge is 2.15. The number of nitrogens with zero attached hydrogens (tertiary/aromatic N) is 4. The number of hydrogen-bond acceptors (Lipinski definition) is 3. The van der Waals surface area contributed by atoms with Crippen LogP contribution in [-0.4, -0.2) is 25.5 Å². The van der Waals surface area contributed by atoms with Crippen molar-refractivity contribution < 1.29 is 9.18 Å². The van der Waals surface area contributed by atoms with Gasteiger partial charge in [-0.15, -0.1) is 0 Å². The molecule has 7 heteroatoms. The van der Waals surface area contributed by atoms with Crippen molar-refractivity contribution >= 4 is 5.91 Å². The van der Waals surface area contributed by atoms with Crippen LogP contribution < -0.4 is 5.32 Å². The topological polar surface area (TPSA) is 64.7 Å². The zero-order valence-electron chi connectivity index (χ0n) is 15.9. The average Bonchev–Trinajstić information content (AvgIpc) is 3.37. The van der Waals surface area contributed by atoms with Crippen LogP contribution in [0.25, 0.3) is 5.69 Å². The van der Waals surface area contributed by atoms with Crippen LogP contribution in [0.1, 0.15) is 27.2 Å². The van der Waals surface area contributed by atoms with E-state index in [4.69, 9.17) is 0 Å². The predicted octanol–water partition coefficient (Wildman–Crippen LogP) is 3.49. The minimum atomic E-state index is -0.315. The summed E-state index contributed by atoms with van der Waals surface area (Å²) < 4.78 is 16.6. The van der Waals surface area contributed by atoms with Gasteiger partial charge in [-0.3, -0.25) is 9.48 Å². The Kier molecular flexibility index (Phi) is 5.20. The van der Waals surface area contributed by atoms with Crippen LogP contribution in [0.4, 0.5) is 4.39 Å². The summed E-state index contributed by atoms with van der Waals surface area (Å²) in [5.74, 6) is -0.518. The van der Waals surface area contributed by atoms with Crippen molar-refractivity contribution in [2.45, 2.75) is 20.0 Å². The van der Waals surface area contributed by atoms with Crippen molar-refractivity contribution in [1.82, 2.24) is 24.9 Å². The molecule has 0 aliphatic rings. The zero-order valence-corrected chi connectivity index (χ0v) is 15.9. The molecule has 2 aromatic heterocycles. The number of amides is 1. The maximum absolute atomic E-state index is 13.2. The molecule has 0 aliphatic heterocycles. The molecule has 4 rings (SSSR count). The highest BCUT2D eigenvalue weighted by atomic mass is 19.1. The summed E-state index contributed by atoms with van der Waals surface area (Å²) in [6.45, 7) is 2.86. The molecule has 2 aromatic carbocycles. The van der Waals surface area contributed by atoms with Gasteiger partial charge >= 0.3 is 0 Å². The van der Waals surface area contributed by atoms with Gasteiger partial charge in [0.2, 0.25) is 0 Å². The Morgan fingerprint density at radius 3 is 2.52 bits per heavy atom. The molecule has 146 valence electrons. The summed E-state index contributed by atoms with van der Waals surface area (Å²) in [6, 6.07) is 15.8. The van der Waals surface area contributed by atoms with E-state index < -0.39 is 0 Å². The van der Waals surface area contributed by atoms with Gasteiger partial charge in [-0.25, -0.2) is 9.07 Å². The molecule has 1 amide bonds. The lowest BCUT2D eigenvalue weighted by atomic mass is 10.1. The Morgan fingerprint density at radius 2 is 1.79 bits per heavy atom. The van der Waals surface area contributed by atoms with Crippen molar-refractivity contribution in [3.63, 3.8) is 0 Å². The second-order valence-corrected chi connectivity index (χ2v) is 6.69. The lowest BCUT2D eigenvalue weighted by molar-refractivity contribution is 0.0950. The molecule has 1 N–H and O–H groups in total. The molecule has 0 radical (unpaired) electrons. The van der Waals surface area contributed by atoms with Gasteiger partial charge in [0.05, 0.1) is 29.7 Å². The summed E-state index contributed by atoms with van der Waals surface area (Å²) in [6.07, 6.45) is 5.18. The van der Waals surface area contributed by atoms with Crippen LogP contribution in [0.5, 0.6) is 0 Å². The predicted molar refractivity (Wildman–Crippen MR) is 107 cm³/mol. The Labute approximate surface area is 167 Å². The monoisotopic (exact) mass is 389 g/mol. The molecule has 2 heterocycles. The number of aromatic nitrogens is 4. The van der Waals surface area contributed by atoms with Crippen LogP contribution >= 0.6 is 0 Å². The van der Waals surface area contributed by atoms with Gasteiger partial charge in [-0.1, -0.05) is 24.3 Å². The van der Waals surface area contributed by atoms with E-state index in [9.17, 15) is 9.18 Å². The first kappa shape index (κ1) is 18.6. The van der Waals surface area contributed by atoms with E-state index in [1.54, 1.807) is 23.0 Å². The molecule has 0 fully saturated rings.